The zero-order chi connectivity index (χ0) is 14.4. The molecule has 0 aliphatic heterocycles. The van der Waals surface area contributed by atoms with Gasteiger partial charge >= 0.3 is 0 Å². The van der Waals surface area contributed by atoms with Crippen LogP contribution in [0.5, 0.6) is 0 Å². The lowest BCUT2D eigenvalue weighted by molar-refractivity contribution is -0.120. The van der Waals surface area contributed by atoms with E-state index in [1.54, 1.807) is 6.26 Å². The lowest BCUT2D eigenvalue weighted by Crippen LogP contribution is -2.27. The van der Waals surface area contributed by atoms with Gasteiger partial charge in [0.2, 0.25) is 11.8 Å². The summed E-state index contributed by atoms with van der Waals surface area (Å²) in [6, 6.07) is 8.00. The third kappa shape index (κ3) is 5.21. The second kappa shape index (κ2) is 8.44. The first-order valence-corrected chi connectivity index (χ1v) is 6.67. The molecule has 0 aliphatic carbocycles. The van der Waals surface area contributed by atoms with E-state index in [0.717, 1.165) is 11.3 Å². The summed E-state index contributed by atoms with van der Waals surface area (Å²) in [5, 5.41) is 2.79. The number of aromatic nitrogens is 1. The molecule has 3 N–H and O–H groups in total. The first-order valence-electron chi connectivity index (χ1n) is 6.67. The summed E-state index contributed by atoms with van der Waals surface area (Å²) in [6.45, 7) is 2.95. The molecule has 1 amide bonds. The fraction of sp³-hybridized carbons (Fsp3) is 0.333. The molecule has 21 heavy (non-hydrogen) atoms. The number of amides is 1. The van der Waals surface area contributed by atoms with Gasteiger partial charge in [0.15, 0.2) is 0 Å². The molecule has 0 spiro atoms. The molecule has 1 aromatic heterocycles. The Bertz CT molecular complexity index is 567. The molecule has 5 nitrogen and oxygen atoms in total. The van der Waals surface area contributed by atoms with Crippen LogP contribution < -0.4 is 11.1 Å². The first kappa shape index (κ1) is 17.2. The second-order valence-corrected chi connectivity index (χ2v) is 4.65. The predicted octanol–water partition coefficient (Wildman–Crippen LogP) is 2.08. The highest BCUT2D eigenvalue weighted by molar-refractivity contribution is 5.85. The summed E-state index contributed by atoms with van der Waals surface area (Å²) in [5.41, 5.74) is 8.28. The minimum Gasteiger partial charge on any atom is -0.444 e. The van der Waals surface area contributed by atoms with Crippen LogP contribution in [0.4, 0.5) is 0 Å². The first-order chi connectivity index (χ1) is 9.69. The maximum atomic E-state index is 11.3. The molecule has 6 heteroatoms. The number of oxazole rings is 1. The van der Waals surface area contributed by atoms with Crippen molar-refractivity contribution < 1.29 is 9.21 Å². The normalized spacial score (nSPS) is 10.0. The van der Waals surface area contributed by atoms with Gasteiger partial charge in [-0.1, -0.05) is 17.7 Å². The summed E-state index contributed by atoms with van der Waals surface area (Å²) < 4.78 is 5.45. The number of carbonyl (C=O) groups is 1. The SMILES string of the molecule is Cc1ccc(-c2nc(CCNC(=O)CCN)co2)cc1.Cl. The Kier molecular flexibility index (Phi) is 6.91. The van der Waals surface area contributed by atoms with Crippen LogP contribution >= 0.6 is 12.4 Å². The number of aryl methyl sites for hydroxylation is 1. The van der Waals surface area contributed by atoms with Crippen molar-refractivity contribution in [2.45, 2.75) is 19.8 Å². The van der Waals surface area contributed by atoms with Crippen molar-refractivity contribution in [3.8, 4) is 11.5 Å². The summed E-state index contributed by atoms with van der Waals surface area (Å²) in [7, 11) is 0. The molecule has 1 heterocycles. The lowest BCUT2D eigenvalue weighted by atomic mass is 10.1. The Labute approximate surface area is 130 Å². The number of hydrogen-bond acceptors (Lipinski definition) is 4. The number of carbonyl (C=O) groups excluding carboxylic acids is 1. The van der Waals surface area contributed by atoms with Crippen molar-refractivity contribution in [3.63, 3.8) is 0 Å². The van der Waals surface area contributed by atoms with Crippen molar-refractivity contribution >= 4 is 18.3 Å². The van der Waals surface area contributed by atoms with Crippen LogP contribution in [0.25, 0.3) is 11.5 Å². The van der Waals surface area contributed by atoms with E-state index in [1.165, 1.54) is 5.56 Å². The average Bonchev–Trinajstić information content (AvgIpc) is 2.89. The van der Waals surface area contributed by atoms with Crippen molar-refractivity contribution in [2.75, 3.05) is 13.1 Å². The van der Waals surface area contributed by atoms with Crippen LogP contribution in [0.1, 0.15) is 17.7 Å². The highest BCUT2D eigenvalue weighted by atomic mass is 35.5. The van der Waals surface area contributed by atoms with Gasteiger partial charge in [-0.15, -0.1) is 12.4 Å². The quantitative estimate of drug-likeness (QED) is 0.856. The number of benzene rings is 1. The van der Waals surface area contributed by atoms with E-state index >= 15 is 0 Å². The molecule has 0 fully saturated rings. The Balaban J connectivity index is 0.00000220. The van der Waals surface area contributed by atoms with Crippen molar-refractivity contribution in [3.05, 3.63) is 41.8 Å². The van der Waals surface area contributed by atoms with E-state index in [-0.39, 0.29) is 18.3 Å². The Morgan fingerprint density at radius 2 is 2.05 bits per heavy atom. The van der Waals surface area contributed by atoms with Crippen LogP contribution in [-0.4, -0.2) is 24.0 Å². The molecular formula is C15H20ClN3O2. The van der Waals surface area contributed by atoms with E-state index < -0.39 is 0 Å². The van der Waals surface area contributed by atoms with Crippen molar-refractivity contribution in [2.24, 2.45) is 5.73 Å². The summed E-state index contributed by atoms with van der Waals surface area (Å²) in [4.78, 5) is 15.7. The second-order valence-electron chi connectivity index (χ2n) is 4.65. The van der Waals surface area contributed by atoms with Crippen LogP contribution in [-0.2, 0) is 11.2 Å². The van der Waals surface area contributed by atoms with E-state index in [4.69, 9.17) is 10.2 Å². The molecular weight excluding hydrogens is 290 g/mol. The van der Waals surface area contributed by atoms with Crippen LogP contribution in [0.15, 0.2) is 34.9 Å². The largest absolute Gasteiger partial charge is 0.444 e. The molecule has 0 radical (unpaired) electrons. The zero-order valence-electron chi connectivity index (χ0n) is 12.0. The van der Waals surface area contributed by atoms with Crippen LogP contribution in [0.3, 0.4) is 0 Å². The van der Waals surface area contributed by atoms with E-state index in [0.29, 0.717) is 31.8 Å². The molecule has 0 unspecified atom stereocenters. The molecule has 2 aromatic rings. The van der Waals surface area contributed by atoms with Gasteiger partial charge in [0.05, 0.1) is 5.69 Å². The van der Waals surface area contributed by atoms with Gasteiger partial charge in [0.1, 0.15) is 6.26 Å². The summed E-state index contributed by atoms with van der Waals surface area (Å²) >= 11 is 0. The number of nitrogens with two attached hydrogens (primary N) is 1. The molecule has 0 bridgehead atoms. The zero-order valence-corrected chi connectivity index (χ0v) is 12.8. The van der Waals surface area contributed by atoms with E-state index in [1.807, 2.05) is 31.2 Å². The molecule has 0 saturated carbocycles. The molecule has 114 valence electrons. The van der Waals surface area contributed by atoms with Gasteiger partial charge in [-0.25, -0.2) is 4.98 Å². The van der Waals surface area contributed by atoms with Gasteiger partial charge < -0.3 is 15.5 Å². The highest BCUT2D eigenvalue weighted by Gasteiger charge is 2.07. The third-order valence-electron chi connectivity index (χ3n) is 2.92. The average molecular weight is 310 g/mol. The maximum absolute atomic E-state index is 11.3. The third-order valence-corrected chi connectivity index (χ3v) is 2.92. The van der Waals surface area contributed by atoms with Crippen molar-refractivity contribution in [1.82, 2.24) is 10.3 Å². The standard InChI is InChI=1S/C15H19N3O2.ClH/c1-11-2-4-12(5-3-11)15-18-13(10-20-15)7-9-17-14(19)6-8-16;/h2-5,10H,6-9,16H2,1H3,(H,17,19);1H. The van der Waals surface area contributed by atoms with Gasteiger partial charge in [-0.2, -0.15) is 0 Å². The Morgan fingerprint density at radius 3 is 2.71 bits per heavy atom. The lowest BCUT2D eigenvalue weighted by Gasteiger charge is -2.01. The van der Waals surface area contributed by atoms with Gasteiger partial charge in [-0.3, -0.25) is 4.79 Å². The smallest absolute Gasteiger partial charge is 0.226 e. The highest BCUT2D eigenvalue weighted by Crippen LogP contribution is 2.19. The van der Waals surface area contributed by atoms with E-state index in [9.17, 15) is 4.79 Å². The van der Waals surface area contributed by atoms with E-state index in [2.05, 4.69) is 10.3 Å². The maximum Gasteiger partial charge on any atom is 0.226 e. The minimum atomic E-state index is -0.0326. The predicted molar refractivity (Wildman–Crippen MR) is 84.3 cm³/mol. The monoisotopic (exact) mass is 309 g/mol. The fourth-order valence-electron chi connectivity index (χ4n) is 1.80. The number of halogens is 1. The topological polar surface area (TPSA) is 81.2 Å². The minimum absolute atomic E-state index is 0. The molecule has 0 aliphatic rings. The summed E-state index contributed by atoms with van der Waals surface area (Å²) in [6.07, 6.45) is 2.63. The fourth-order valence-corrected chi connectivity index (χ4v) is 1.80. The van der Waals surface area contributed by atoms with Crippen LogP contribution in [0, 0.1) is 6.92 Å². The van der Waals surface area contributed by atoms with Crippen molar-refractivity contribution in [1.29, 1.82) is 0 Å². The number of hydrogen-bond donors (Lipinski definition) is 2. The molecule has 0 saturated heterocycles. The molecule has 2 rings (SSSR count). The van der Waals surface area contributed by atoms with Gasteiger partial charge in [0, 0.05) is 31.5 Å². The van der Waals surface area contributed by atoms with Gasteiger partial charge in [-0.05, 0) is 19.1 Å². The number of nitrogens with one attached hydrogen (secondary N) is 1. The summed E-state index contributed by atoms with van der Waals surface area (Å²) in [5.74, 6) is 0.572. The number of nitrogens with zero attached hydrogens (tertiary/aromatic N) is 1. The Hall–Kier alpha value is -1.85. The van der Waals surface area contributed by atoms with Crippen LogP contribution in [0.2, 0.25) is 0 Å². The molecule has 1 aromatic carbocycles. The Morgan fingerprint density at radius 1 is 1.33 bits per heavy atom. The number of rotatable bonds is 6. The molecule has 0 atom stereocenters. The van der Waals surface area contributed by atoms with Gasteiger partial charge in [0.25, 0.3) is 0 Å².